The predicted molar refractivity (Wildman–Crippen MR) is 93.1 cm³/mol. The number of carbonyl (C=O) groups is 1. The van der Waals surface area contributed by atoms with Gasteiger partial charge < -0.3 is 10.6 Å². The van der Waals surface area contributed by atoms with Crippen molar-refractivity contribution in [3.8, 4) is 0 Å². The molecule has 0 aliphatic carbocycles. The van der Waals surface area contributed by atoms with Gasteiger partial charge in [0.2, 0.25) is 0 Å². The van der Waals surface area contributed by atoms with E-state index in [9.17, 15) is 13.2 Å². The summed E-state index contributed by atoms with van der Waals surface area (Å²) in [5.74, 6) is -0.125. The molecule has 2 N–H and O–H groups in total. The molecule has 0 bridgehead atoms. The van der Waals surface area contributed by atoms with Gasteiger partial charge in [-0.1, -0.05) is 36.4 Å². The number of sulfone groups is 1. The van der Waals surface area contributed by atoms with E-state index in [2.05, 4.69) is 15.6 Å². The van der Waals surface area contributed by atoms with Crippen LogP contribution in [0.25, 0.3) is 0 Å². The van der Waals surface area contributed by atoms with Gasteiger partial charge in [0.25, 0.3) is 0 Å². The average Bonchev–Trinajstić information content (AvgIpc) is 2.56. The molecule has 0 saturated heterocycles. The minimum atomic E-state index is -3.26. The summed E-state index contributed by atoms with van der Waals surface area (Å²) in [6, 6.07) is 12.0. The van der Waals surface area contributed by atoms with E-state index in [4.69, 9.17) is 0 Å². The summed E-state index contributed by atoms with van der Waals surface area (Å²) in [5.41, 5.74) is 1.62. The number of nitrogens with zero attached hydrogens (tertiary/aromatic N) is 1. The Balaban J connectivity index is 1.76. The lowest BCUT2D eigenvalue weighted by atomic mass is 10.1. The Labute approximate surface area is 142 Å². The number of benzene rings is 1. The minimum Gasteiger partial charge on any atom is -0.337 e. The van der Waals surface area contributed by atoms with Crippen LogP contribution in [-0.4, -0.2) is 31.7 Å². The van der Waals surface area contributed by atoms with Crippen molar-refractivity contribution in [1.29, 1.82) is 0 Å². The minimum absolute atomic E-state index is 0.0246. The Kier molecular flexibility index (Phi) is 6.31. The molecule has 0 spiro atoms. The molecule has 2 aromatic rings. The van der Waals surface area contributed by atoms with Crippen LogP contribution in [0.1, 0.15) is 24.1 Å². The number of amides is 2. The number of carbonyl (C=O) groups excluding carboxylic acids is 1. The molecule has 1 unspecified atom stereocenters. The highest BCUT2D eigenvalue weighted by Gasteiger charge is 2.13. The fourth-order valence-electron chi connectivity index (χ4n) is 2.18. The van der Waals surface area contributed by atoms with Gasteiger partial charge in [0.15, 0.2) is 9.84 Å². The van der Waals surface area contributed by atoms with E-state index in [0.29, 0.717) is 0 Å². The van der Waals surface area contributed by atoms with Crippen LogP contribution in [0.5, 0.6) is 0 Å². The first-order valence-electron chi connectivity index (χ1n) is 7.65. The maximum absolute atomic E-state index is 12.0. The van der Waals surface area contributed by atoms with Crippen LogP contribution < -0.4 is 10.6 Å². The maximum Gasteiger partial charge on any atom is 0.315 e. The van der Waals surface area contributed by atoms with Gasteiger partial charge in [-0.3, -0.25) is 4.98 Å². The Morgan fingerprint density at radius 3 is 2.58 bits per heavy atom. The van der Waals surface area contributed by atoms with Crippen LogP contribution in [0.4, 0.5) is 4.79 Å². The Morgan fingerprint density at radius 1 is 1.17 bits per heavy atom. The summed E-state index contributed by atoms with van der Waals surface area (Å²) in [6.07, 6.45) is 3.34. The highest BCUT2D eigenvalue weighted by atomic mass is 32.2. The molecular weight excluding hydrogens is 326 g/mol. The second kappa shape index (κ2) is 8.44. The molecule has 0 saturated carbocycles. The molecule has 7 heteroatoms. The van der Waals surface area contributed by atoms with E-state index < -0.39 is 15.9 Å². The molecule has 0 radical (unpaired) electrons. The first-order valence-corrected chi connectivity index (χ1v) is 9.47. The van der Waals surface area contributed by atoms with E-state index in [1.807, 2.05) is 19.1 Å². The van der Waals surface area contributed by atoms with Crippen molar-refractivity contribution < 1.29 is 13.2 Å². The normalized spacial score (nSPS) is 12.4. The third-order valence-electron chi connectivity index (χ3n) is 3.46. The van der Waals surface area contributed by atoms with Crippen molar-refractivity contribution in [2.24, 2.45) is 0 Å². The number of pyridine rings is 1. The molecule has 6 nitrogen and oxygen atoms in total. The smallest absolute Gasteiger partial charge is 0.315 e. The number of aromatic nitrogens is 1. The van der Waals surface area contributed by atoms with Gasteiger partial charge in [0, 0.05) is 18.9 Å². The number of hydrogen-bond acceptors (Lipinski definition) is 4. The zero-order chi connectivity index (χ0) is 17.4. The van der Waals surface area contributed by atoms with Crippen LogP contribution in [0, 0.1) is 0 Å². The van der Waals surface area contributed by atoms with Crippen LogP contribution in [0.2, 0.25) is 0 Å². The van der Waals surface area contributed by atoms with Crippen molar-refractivity contribution >= 4 is 15.9 Å². The second-order valence-electron chi connectivity index (χ2n) is 5.49. The van der Waals surface area contributed by atoms with Crippen molar-refractivity contribution in [2.75, 3.05) is 12.3 Å². The highest BCUT2D eigenvalue weighted by Crippen LogP contribution is 2.09. The first kappa shape index (κ1) is 17.9. The summed E-state index contributed by atoms with van der Waals surface area (Å²) in [6.45, 7) is 1.91. The van der Waals surface area contributed by atoms with Crippen LogP contribution in [-0.2, 0) is 15.6 Å². The Hall–Kier alpha value is -2.41. The zero-order valence-corrected chi connectivity index (χ0v) is 14.3. The molecule has 1 aromatic heterocycles. The summed E-state index contributed by atoms with van der Waals surface area (Å²) >= 11 is 0. The van der Waals surface area contributed by atoms with Crippen LogP contribution in [0.3, 0.4) is 0 Å². The van der Waals surface area contributed by atoms with Crippen LogP contribution in [0.15, 0.2) is 54.9 Å². The van der Waals surface area contributed by atoms with E-state index in [-0.39, 0.29) is 24.1 Å². The third kappa shape index (κ3) is 6.00. The molecule has 0 aliphatic heterocycles. The fourth-order valence-corrected chi connectivity index (χ4v) is 3.44. The molecule has 128 valence electrons. The van der Waals surface area contributed by atoms with Gasteiger partial charge >= 0.3 is 6.03 Å². The maximum atomic E-state index is 12.0. The fraction of sp³-hybridized carbons (Fsp3) is 0.294. The van der Waals surface area contributed by atoms with Gasteiger partial charge in [-0.2, -0.15) is 0 Å². The van der Waals surface area contributed by atoms with Gasteiger partial charge in [0.05, 0.1) is 17.5 Å². The van der Waals surface area contributed by atoms with Gasteiger partial charge in [-0.25, -0.2) is 13.2 Å². The summed E-state index contributed by atoms with van der Waals surface area (Å²) in [7, 11) is -3.26. The number of hydrogen-bond donors (Lipinski definition) is 2. The highest BCUT2D eigenvalue weighted by molar-refractivity contribution is 7.90. The van der Waals surface area contributed by atoms with E-state index in [1.54, 1.807) is 42.7 Å². The standard InChI is InChI=1S/C17H21N3O3S/c1-14(16-8-5-9-18-12-16)20-17(21)19-10-11-24(22,23)13-15-6-3-2-4-7-15/h2-9,12,14H,10-11,13H2,1H3,(H2,19,20,21). The van der Waals surface area contributed by atoms with Crippen molar-refractivity contribution in [3.63, 3.8) is 0 Å². The summed E-state index contributed by atoms with van der Waals surface area (Å²) < 4.78 is 24.1. The third-order valence-corrected chi connectivity index (χ3v) is 5.06. The topological polar surface area (TPSA) is 88.2 Å². The molecule has 0 fully saturated rings. The summed E-state index contributed by atoms with van der Waals surface area (Å²) in [4.78, 5) is 15.8. The van der Waals surface area contributed by atoms with E-state index in [0.717, 1.165) is 11.1 Å². The monoisotopic (exact) mass is 347 g/mol. The largest absolute Gasteiger partial charge is 0.337 e. The van der Waals surface area contributed by atoms with Crippen molar-refractivity contribution in [3.05, 3.63) is 66.0 Å². The van der Waals surface area contributed by atoms with Crippen molar-refractivity contribution in [1.82, 2.24) is 15.6 Å². The van der Waals surface area contributed by atoms with Crippen molar-refractivity contribution in [2.45, 2.75) is 18.7 Å². The van der Waals surface area contributed by atoms with E-state index >= 15 is 0 Å². The average molecular weight is 347 g/mol. The van der Waals surface area contributed by atoms with E-state index in [1.165, 1.54) is 0 Å². The number of urea groups is 1. The second-order valence-corrected chi connectivity index (χ2v) is 7.67. The SMILES string of the molecule is CC(NC(=O)NCCS(=O)(=O)Cc1ccccc1)c1cccnc1. The molecule has 2 rings (SSSR count). The molecule has 1 atom stereocenters. The molecule has 2 amide bonds. The Morgan fingerprint density at radius 2 is 1.92 bits per heavy atom. The van der Waals surface area contributed by atoms with Gasteiger partial charge in [-0.05, 0) is 24.1 Å². The first-order chi connectivity index (χ1) is 11.5. The van der Waals surface area contributed by atoms with Crippen LogP contribution >= 0.6 is 0 Å². The zero-order valence-electron chi connectivity index (χ0n) is 13.5. The summed E-state index contributed by atoms with van der Waals surface area (Å²) in [5, 5.41) is 5.32. The lowest BCUT2D eigenvalue weighted by molar-refractivity contribution is 0.238. The quantitative estimate of drug-likeness (QED) is 0.802. The number of nitrogens with one attached hydrogen (secondary N) is 2. The lowest BCUT2D eigenvalue weighted by Gasteiger charge is -2.14. The molecule has 1 heterocycles. The van der Waals surface area contributed by atoms with Gasteiger partial charge in [0.1, 0.15) is 0 Å². The molecule has 24 heavy (non-hydrogen) atoms. The molecule has 1 aromatic carbocycles. The number of rotatable bonds is 7. The lowest BCUT2D eigenvalue weighted by Crippen LogP contribution is -2.39. The molecular formula is C17H21N3O3S. The molecule has 0 aliphatic rings. The Bertz CT molecular complexity index is 749. The predicted octanol–water partition coefficient (Wildman–Crippen LogP) is 2.06. The van der Waals surface area contributed by atoms with Gasteiger partial charge in [-0.15, -0.1) is 0 Å².